The Morgan fingerprint density at radius 2 is 1.00 bits per heavy atom. The molecule has 0 radical (unpaired) electrons. The van der Waals surface area contributed by atoms with E-state index in [0.717, 1.165) is 0 Å². The molecule has 6 N–H and O–H groups in total. The second kappa shape index (κ2) is 8.76. The van der Waals surface area contributed by atoms with Crippen LogP contribution in [0.2, 0.25) is 0 Å². The molecule has 0 aliphatic rings. The number of hydrogen-bond acceptors (Lipinski definition) is 2. The van der Waals surface area contributed by atoms with Gasteiger partial charge < -0.3 is 22.9 Å². The SMILES string of the molecule is [NH-]c1ccccc1C(N)=O.[NH-]c1ccccc1C(N)=O.[Pt+2]. The van der Waals surface area contributed by atoms with E-state index in [0.29, 0.717) is 0 Å². The molecule has 0 spiro atoms. The quantitative estimate of drug-likeness (QED) is 0.706. The molecular formula is C14H14N4O2Pt. The molecule has 2 rings (SSSR count). The average molecular weight is 465 g/mol. The summed E-state index contributed by atoms with van der Waals surface area (Å²) >= 11 is 0. The maximum absolute atomic E-state index is 10.5. The zero-order valence-electron chi connectivity index (χ0n) is 10.9. The fraction of sp³-hybridized carbons (Fsp3) is 0. The number of nitrogens with two attached hydrogens (primary N) is 2. The fourth-order valence-electron chi connectivity index (χ4n) is 1.40. The van der Waals surface area contributed by atoms with Crippen molar-refractivity contribution in [3.8, 4) is 0 Å². The first-order valence-electron chi connectivity index (χ1n) is 5.64. The molecule has 0 saturated carbocycles. The van der Waals surface area contributed by atoms with E-state index in [-0.39, 0.29) is 43.6 Å². The zero-order valence-corrected chi connectivity index (χ0v) is 13.2. The van der Waals surface area contributed by atoms with E-state index in [4.69, 9.17) is 22.9 Å². The van der Waals surface area contributed by atoms with Gasteiger partial charge in [0.1, 0.15) is 0 Å². The van der Waals surface area contributed by atoms with Crippen LogP contribution in [0.3, 0.4) is 0 Å². The van der Waals surface area contributed by atoms with Gasteiger partial charge in [0, 0.05) is 11.1 Å². The van der Waals surface area contributed by atoms with Gasteiger partial charge in [-0.25, -0.2) is 0 Å². The van der Waals surface area contributed by atoms with Crippen molar-refractivity contribution in [2.45, 2.75) is 0 Å². The maximum atomic E-state index is 10.5. The minimum Gasteiger partial charge on any atom is -0.698 e. The molecule has 0 atom stereocenters. The first-order chi connectivity index (χ1) is 9.43. The zero-order chi connectivity index (χ0) is 15.1. The monoisotopic (exact) mass is 465 g/mol. The number of benzene rings is 2. The second-order valence-corrected chi connectivity index (χ2v) is 3.82. The van der Waals surface area contributed by atoms with Crippen molar-refractivity contribution in [3.63, 3.8) is 0 Å². The van der Waals surface area contributed by atoms with Crippen LogP contribution < -0.4 is 11.5 Å². The van der Waals surface area contributed by atoms with Gasteiger partial charge in [-0.15, -0.1) is 11.4 Å². The number of carbonyl (C=O) groups excluding carboxylic acids is 2. The van der Waals surface area contributed by atoms with Crippen LogP contribution in [0.25, 0.3) is 11.5 Å². The van der Waals surface area contributed by atoms with Crippen molar-refractivity contribution in [1.29, 1.82) is 0 Å². The van der Waals surface area contributed by atoms with E-state index in [1.807, 2.05) is 0 Å². The number of amides is 2. The number of carbonyl (C=O) groups is 2. The predicted octanol–water partition coefficient (Wildman–Crippen LogP) is 2.94. The van der Waals surface area contributed by atoms with Gasteiger partial charge in [-0.05, 0) is 0 Å². The van der Waals surface area contributed by atoms with Crippen LogP contribution in [-0.4, -0.2) is 11.8 Å². The topological polar surface area (TPSA) is 134 Å². The van der Waals surface area contributed by atoms with Crippen molar-refractivity contribution in [2.75, 3.05) is 0 Å². The van der Waals surface area contributed by atoms with E-state index in [2.05, 4.69) is 0 Å². The van der Waals surface area contributed by atoms with Crippen LogP contribution in [-0.2, 0) is 21.1 Å². The Morgan fingerprint density at radius 3 is 1.19 bits per heavy atom. The van der Waals surface area contributed by atoms with E-state index in [1.54, 1.807) is 24.3 Å². The normalized spacial score (nSPS) is 8.76. The smallest absolute Gasteiger partial charge is 0.698 e. The first-order valence-corrected chi connectivity index (χ1v) is 5.64. The second-order valence-electron chi connectivity index (χ2n) is 3.82. The molecule has 0 aliphatic carbocycles. The first kappa shape index (κ1) is 18.7. The van der Waals surface area contributed by atoms with Crippen molar-refractivity contribution >= 4 is 23.2 Å². The molecule has 2 aromatic rings. The maximum Gasteiger partial charge on any atom is 2.00 e. The molecule has 0 unspecified atom stereocenters. The van der Waals surface area contributed by atoms with Gasteiger partial charge in [0.25, 0.3) is 0 Å². The Labute approximate surface area is 136 Å². The minimum absolute atomic E-state index is 0. The largest absolute Gasteiger partial charge is 2.00 e. The van der Waals surface area contributed by atoms with Crippen LogP contribution in [0.1, 0.15) is 20.7 Å². The molecule has 0 aliphatic heterocycles. The Morgan fingerprint density at radius 1 is 0.714 bits per heavy atom. The molecular weight excluding hydrogens is 451 g/mol. The molecule has 2 amide bonds. The van der Waals surface area contributed by atoms with Crippen molar-refractivity contribution in [1.82, 2.24) is 0 Å². The van der Waals surface area contributed by atoms with Crippen molar-refractivity contribution < 1.29 is 30.7 Å². The van der Waals surface area contributed by atoms with Crippen LogP contribution in [0, 0.1) is 0 Å². The van der Waals surface area contributed by atoms with Gasteiger partial charge in [0.05, 0.1) is 0 Å². The minimum atomic E-state index is -0.550. The number of hydrogen-bond donors (Lipinski definition) is 2. The van der Waals surface area contributed by atoms with E-state index < -0.39 is 11.8 Å². The summed E-state index contributed by atoms with van der Waals surface area (Å²) in [5, 5.41) is 0. The van der Waals surface area contributed by atoms with E-state index in [9.17, 15) is 9.59 Å². The Balaban J connectivity index is 0.000000364. The predicted molar refractivity (Wildman–Crippen MR) is 77.9 cm³/mol. The van der Waals surface area contributed by atoms with Crippen LogP contribution in [0.5, 0.6) is 0 Å². The van der Waals surface area contributed by atoms with E-state index in [1.165, 1.54) is 24.3 Å². The summed E-state index contributed by atoms with van der Waals surface area (Å²) in [5.74, 6) is -1.10. The molecule has 2 aromatic carbocycles. The molecule has 7 heteroatoms. The van der Waals surface area contributed by atoms with Gasteiger partial charge >= 0.3 is 21.1 Å². The van der Waals surface area contributed by atoms with Crippen LogP contribution >= 0.6 is 0 Å². The molecule has 21 heavy (non-hydrogen) atoms. The third kappa shape index (κ3) is 5.67. The molecule has 0 aromatic heterocycles. The van der Waals surface area contributed by atoms with Gasteiger partial charge in [0.15, 0.2) is 0 Å². The van der Waals surface area contributed by atoms with Crippen molar-refractivity contribution in [2.24, 2.45) is 11.5 Å². The van der Waals surface area contributed by atoms with Gasteiger partial charge in [0.2, 0.25) is 11.8 Å². The molecule has 0 heterocycles. The number of nitrogens with one attached hydrogen (secondary N) is 2. The summed E-state index contributed by atoms with van der Waals surface area (Å²) in [5.41, 5.74) is 25.2. The molecule has 6 nitrogen and oxygen atoms in total. The average Bonchev–Trinajstić information content (AvgIpc) is 2.40. The molecule has 112 valence electrons. The summed E-state index contributed by atoms with van der Waals surface area (Å²) in [4.78, 5) is 21.0. The van der Waals surface area contributed by atoms with Crippen LogP contribution in [0.4, 0.5) is 11.4 Å². The van der Waals surface area contributed by atoms with E-state index >= 15 is 0 Å². The molecule has 0 saturated heterocycles. The summed E-state index contributed by atoms with van der Waals surface area (Å²) < 4.78 is 0. The van der Waals surface area contributed by atoms with Gasteiger partial charge in [-0.2, -0.15) is 0 Å². The van der Waals surface area contributed by atoms with Gasteiger partial charge in [-0.3, -0.25) is 9.59 Å². The number of rotatable bonds is 2. The summed E-state index contributed by atoms with van der Waals surface area (Å²) in [7, 11) is 0. The standard InChI is InChI=1S/2C7H8N2O.Pt/c2*8-6-4-2-1-3-5(6)7(9)10;/h2*1-4H,(H4,8,9,10);/q;;+2/p-2. The third-order valence-electron chi connectivity index (χ3n) is 2.39. The fourth-order valence-corrected chi connectivity index (χ4v) is 1.40. The summed E-state index contributed by atoms with van der Waals surface area (Å²) in [6.07, 6.45) is 0. The Kier molecular flexibility index (Phi) is 7.79. The molecule has 0 bridgehead atoms. The van der Waals surface area contributed by atoms with Crippen LogP contribution in [0.15, 0.2) is 48.5 Å². The van der Waals surface area contributed by atoms with Gasteiger partial charge in [-0.1, -0.05) is 48.5 Å². The summed E-state index contributed by atoms with van der Waals surface area (Å²) in [6, 6.07) is 12.9. The molecule has 0 fully saturated rings. The third-order valence-corrected chi connectivity index (χ3v) is 2.39. The Hall–Kier alpha value is -2.33. The Bertz CT molecular complexity index is 576. The number of primary amides is 2. The summed E-state index contributed by atoms with van der Waals surface area (Å²) in [6.45, 7) is 0. The van der Waals surface area contributed by atoms with Crippen molar-refractivity contribution in [3.05, 3.63) is 71.1 Å².